The number of aliphatic hydroxyl groups is 1. The molecule has 19 heavy (non-hydrogen) atoms. The summed E-state index contributed by atoms with van der Waals surface area (Å²) in [5.74, 6) is -0.909. The molecule has 3 nitrogen and oxygen atoms in total. The molecule has 0 amide bonds. The zero-order valence-corrected chi connectivity index (χ0v) is 11.8. The SMILES string of the molecule is CCOC(=O)[C@H](CC=C(C)C)[C@H](O)c1ccccc1. The number of benzene rings is 1. The van der Waals surface area contributed by atoms with Gasteiger partial charge in [0, 0.05) is 0 Å². The molecular formula is C16H22O3. The van der Waals surface area contributed by atoms with Crippen LogP contribution in [0.3, 0.4) is 0 Å². The average Bonchev–Trinajstić information content (AvgIpc) is 2.39. The van der Waals surface area contributed by atoms with Crippen LogP contribution in [0, 0.1) is 5.92 Å². The van der Waals surface area contributed by atoms with Crippen LogP contribution in [0.25, 0.3) is 0 Å². The quantitative estimate of drug-likeness (QED) is 0.632. The van der Waals surface area contributed by atoms with Gasteiger partial charge in [-0.05, 0) is 32.8 Å². The third-order valence-electron chi connectivity index (χ3n) is 2.89. The van der Waals surface area contributed by atoms with Crippen LogP contribution in [0.4, 0.5) is 0 Å². The highest BCUT2D eigenvalue weighted by atomic mass is 16.5. The number of allylic oxidation sites excluding steroid dienone is 2. The maximum atomic E-state index is 12.0. The Kier molecular flexibility index (Phi) is 6.30. The van der Waals surface area contributed by atoms with E-state index in [0.29, 0.717) is 13.0 Å². The maximum absolute atomic E-state index is 12.0. The van der Waals surface area contributed by atoms with Crippen LogP contribution in [0.5, 0.6) is 0 Å². The van der Waals surface area contributed by atoms with E-state index in [9.17, 15) is 9.90 Å². The first-order valence-electron chi connectivity index (χ1n) is 6.59. The molecule has 1 rings (SSSR count). The third-order valence-corrected chi connectivity index (χ3v) is 2.89. The number of hydrogen-bond acceptors (Lipinski definition) is 3. The summed E-state index contributed by atoms with van der Waals surface area (Å²) in [6, 6.07) is 9.22. The van der Waals surface area contributed by atoms with Gasteiger partial charge in [-0.25, -0.2) is 0 Å². The molecule has 104 valence electrons. The second-order valence-corrected chi connectivity index (χ2v) is 4.73. The molecule has 0 radical (unpaired) electrons. The number of hydrogen-bond donors (Lipinski definition) is 1. The Morgan fingerprint density at radius 1 is 1.32 bits per heavy atom. The minimum Gasteiger partial charge on any atom is -0.466 e. The Morgan fingerprint density at radius 3 is 2.47 bits per heavy atom. The van der Waals surface area contributed by atoms with E-state index in [2.05, 4.69) is 0 Å². The highest BCUT2D eigenvalue weighted by Gasteiger charge is 2.28. The van der Waals surface area contributed by atoms with Crippen LogP contribution in [0.15, 0.2) is 42.0 Å². The monoisotopic (exact) mass is 262 g/mol. The third kappa shape index (κ3) is 4.87. The summed E-state index contributed by atoms with van der Waals surface area (Å²) in [6.07, 6.45) is 1.60. The van der Waals surface area contributed by atoms with Gasteiger partial charge in [0.15, 0.2) is 0 Å². The molecule has 0 fully saturated rings. The fourth-order valence-corrected chi connectivity index (χ4v) is 1.85. The van der Waals surface area contributed by atoms with Crippen molar-refractivity contribution in [2.75, 3.05) is 6.61 Å². The first-order chi connectivity index (χ1) is 9.06. The lowest BCUT2D eigenvalue weighted by Crippen LogP contribution is -2.24. The van der Waals surface area contributed by atoms with Crippen molar-refractivity contribution in [1.29, 1.82) is 0 Å². The van der Waals surface area contributed by atoms with E-state index >= 15 is 0 Å². The summed E-state index contributed by atoms with van der Waals surface area (Å²) in [5, 5.41) is 10.4. The Morgan fingerprint density at radius 2 is 1.95 bits per heavy atom. The Hall–Kier alpha value is -1.61. The van der Waals surface area contributed by atoms with Crippen molar-refractivity contribution in [3.8, 4) is 0 Å². The molecule has 0 bridgehead atoms. The van der Waals surface area contributed by atoms with Crippen molar-refractivity contribution in [3.63, 3.8) is 0 Å². The van der Waals surface area contributed by atoms with Crippen molar-refractivity contribution < 1.29 is 14.6 Å². The second kappa shape index (κ2) is 7.74. The van der Waals surface area contributed by atoms with Crippen LogP contribution in [0.1, 0.15) is 38.9 Å². The van der Waals surface area contributed by atoms with Gasteiger partial charge in [-0.1, -0.05) is 42.0 Å². The van der Waals surface area contributed by atoms with Crippen LogP contribution in [-0.4, -0.2) is 17.7 Å². The highest BCUT2D eigenvalue weighted by Crippen LogP contribution is 2.26. The van der Waals surface area contributed by atoms with Gasteiger partial charge in [-0.3, -0.25) is 4.79 Å². The van der Waals surface area contributed by atoms with Crippen molar-refractivity contribution in [1.82, 2.24) is 0 Å². The predicted octanol–water partition coefficient (Wildman–Crippen LogP) is 3.26. The molecule has 0 spiro atoms. The Labute approximate surface area is 114 Å². The van der Waals surface area contributed by atoms with Gasteiger partial charge >= 0.3 is 5.97 Å². The fraction of sp³-hybridized carbons (Fsp3) is 0.438. The molecular weight excluding hydrogens is 240 g/mol. The molecule has 2 atom stereocenters. The number of carbonyl (C=O) groups is 1. The van der Waals surface area contributed by atoms with Gasteiger partial charge in [0.25, 0.3) is 0 Å². The first-order valence-corrected chi connectivity index (χ1v) is 6.59. The number of esters is 1. The van der Waals surface area contributed by atoms with Crippen molar-refractivity contribution in [3.05, 3.63) is 47.5 Å². The standard InChI is InChI=1S/C16H22O3/c1-4-19-16(18)14(11-10-12(2)3)15(17)13-8-6-5-7-9-13/h5-10,14-15,17H,4,11H2,1-3H3/t14-,15-/m1/s1. The summed E-state index contributed by atoms with van der Waals surface area (Å²) < 4.78 is 5.05. The molecule has 1 aromatic carbocycles. The molecule has 0 aliphatic rings. The molecule has 0 aliphatic heterocycles. The zero-order chi connectivity index (χ0) is 14.3. The molecule has 0 saturated heterocycles. The van der Waals surface area contributed by atoms with Crippen LogP contribution >= 0.6 is 0 Å². The molecule has 0 aromatic heterocycles. The molecule has 0 heterocycles. The summed E-state index contributed by atoms with van der Waals surface area (Å²) in [4.78, 5) is 12.0. The normalized spacial score (nSPS) is 13.5. The molecule has 0 aliphatic carbocycles. The van der Waals surface area contributed by atoms with Gasteiger partial charge in [-0.15, -0.1) is 0 Å². The van der Waals surface area contributed by atoms with Crippen molar-refractivity contribution in [2.45, 2.75) is 33.3 Å². The number of aliphatic hydroxyl groups excluding tert-OH is 1. The van der Waals surface area contributed by atoms with Crippen molar-refractivity contribution in [2.24, 2.45) is 5.92 Å². The predicted molar refractivity (Wildman–Crippen MR) is 75.6 cm³/mol. The van der Waals surface area contributed by atoms with Crippen LogP contribution in [-0.2, 0) is 9.53 Å². The number of carbonyl (C=O) groups excluding carboxylic acids is 1. The maximum Gasteiger partial charge on any atom is 0.312 e. The molecule has 1 N–H and O–H groups in total. The Bertz CT molecular complexity index is 419. The fourth-order valence-electron chi connectivity index (χ4n) is 1.85. The molecule has 1 aromatic rings. The van der Waals surface area contributed by atoms with E-state index in [4.69, 9.17) is 4.74 Å². The van der Waals surface area contributed by atoms with E-state index in [1.54, 1.807) is 6.92 Å². The zero-order valence-electron chi connectivity index (χ0n) is 11.8. The molecule has 3 heteroatoms. The summed E-state index contributed by atoms with van der Waals surface area (Å²) in [6.45, 7) is 6.03. The number of rotatable bonds is 6. The minimum atomic E-state index is -0.837. The first kappa shape index (κ1) is 15.4. The highest BCUT2D eigenvalue weighted by molar-refractivity contribution is 5.73. The van der Waals surface area contributed by atoms with E-state index in [1.165, 1.54) is 0 Å². The molecule has 0 unspecified atom stereocenters. The second-order valence-electron chi connectivity index (χ2n) is 4.73. The van der Waals surface area contributed by atoms with E-state index in [-0.39, 0.29) is 5.97 Å². The van der Waals surface area contributed by atoms with Gasteiger partial charge in [0.2, 0.25) is 0 Å². The van der Waals surface area contributed by atoms with Gasteiger partial charge in [0.1, 0.15) is 0 Å². The summed E-state index contributed by atoms with van der Waals surface area (Å²) in [5.41, 5.74) is 1.86. The summed E-state index contributed by atoms with van der Waals surface area (Å²) >= 11 is 0. The van der Waals surface area contributed by atoms with E-state index in [0.717, 1.165) is 11.1 Å². The van der Waals surface area contributed by atoms with Crippen LogP contribution in [0.2, 0.25) is 0 Å². The smallest absolute Gasteiger partial charge is 0.312 e. The van der Waals surface area contributed by atoms with E-state index in [1.807, 2.05) is 50.3 Å². The van der Waals surface area contributed by atoms with Gasteiger partial charge in [0.05, 0.1) is 18.6 Å². The lowest BCUT2D eigenvalue weighted by atomic mass is 9.92. The lowest BCUT2D eigenvalue weighted by molar-refractivity contribution is -0.152. The summed E-state index contributed by atoms with van der Waals surface area (Å²) in [7, 11) is 0. The van der Waals surface area contributed by atoms with Gasteiger partial charge < -0.3 is 9.84 Å². The average molecular weight is 262 g/mol. The minimum absolute atomic E-state index is 0.325. The van der Waals surface area contributed by atoms with Crippen molar-refractivity contribution >= 4 is 5.97 Å². The molecule has 0 saturated carbocycles. The number of ether oxygens (including phenoxy) is 1. The lowest BCUT2D eigenvalue weighted by Gasteiger charge is -2.20. The topological polar surface area (TPSA) is 46.5 Å². The van der Waals surface area contributed by atoms with Crippen LogP contribution < -0.4 is 0 Å². The Balaban J connectivity index is 2.89. The van der Waals surface area contributed by atoms with Gasteiger partial charge in [-0.2, -0.15) is 0 Å². The largest absolute Gasteiger partial charge is 0.466 e. The van der Waals surface area contributed by atoms with E-state index < -0.39 is 12.0 Å².